The van der Waals surface area contributed by atoms with Gasteiger partial charge in [0.1, 0.15) is 11.6 Å². The second kappa shape index (κ2) is 7.59. The van der Waals surface area contributed by atoms with Gasteiger partial charge in [0, 0.05) is 11.1 Å². The van der Waals surface area contributed by atoms with Crippen LogP contribution in [0.25, 0.3) is 0 Å². The fraction of sp³-hybridized carbons (Fsp3) is 0.200. The predicted octanol–water partition coefficient (Wildman–Crippen LogP) is 3.16. The van der Waals surface area contributed by atoms with Crippen molar-refractivity contribution < 1.29 is 19.2 Å². The second-order valence-electron chi connectivity index (χ2n) is 5.64. The molecule has 4 heteroatoms. The lowest BCUT2D eigenvalue weighted by molar-refractivity contribution is -0.127. The van der Waals surface area contributed by atoms with E-state index in [2.05, 4.69) is 0 Å². The van der Waals surface area contributed by atoms with Crippen LogP contribution in [0.2, 0.25) is 0 Å². The molecule has 4 nitrogen and oxygen atoms in total. The van der Waals surface area contributed by atoms with Gasteiger partial charge >= 0.3 is 0 Å². The molecule has 0 spiro atoms. The highest BCUT2D eigenvalue weighted by Crippen LogP contribution is 2.24. The summed E-state index contributed by atoms with van der Waals surface area (Å²) in [6.07, 6.45) is 0. The molecule has 0 aliphatic carbocycles. The Labute approximate surface area is 140 Å². The first kappa shape index (κ1) is 17.5. The lowest BCUT2D eigenvalue weighted by atomic mass is 9.77. The molecule has 0 saturated heterocycles. The van der Waals surface area contributed by atoms with E-state index in [9.17, 15) is 19.2 Å². The lowest BCUT2D eigenvalue weighted by Gasteiger charge is -2.21. The largest absolute Gasteiger partial charge is 0.299 e. The van der Waals surface area contributed by atoms with Gasteiger partial charge in [0.2, 0.25) is 0 Å². The Bertz CT molecular complexity index is 695. The van der Waals surface area contributed by atoms with Crippen molar-refractivity contribution >= 4 is 23.1 Å². The maximum Gasteiger partial charge on any atom is 0.174 e. The molecular formula is C20H18O4. The molecule has 0 bridgehead atoms. The predicted molar refractivity (Wildman–Crippen MR) is 89.9 cm³/mol. The van der Waals surface area contributed by atoms with E-state index < -0.39 is 35.0 Å². The smallest absolute Gasteiger partial charge is 0.174 e. The maximum absolute atomic E-state index is 12.7. The van der Waals surface area contributed by atoms with Gasteiger partial charge in [0.05, 0.1) is 11.8 Å². The van der Waals surface area contributed by atoms with E-state index in [4.69, 9.17) is 0 Å². The van der Waals surface area contributed by atoms with Crippen molar-refractivity contribution in [3.63, 3.8) is 0 Å². The third-order valence-electron chi connectivity index (χ3n) is 3.89. The Balaban J connectivity index is 2.46. The monoisotopic (exact) mass is 322 g/mol. The minimum atomic E-state index is -1.31. The molecule has 0 amide bonds. The van der Waals surface area contributed by atoms with Crippen LogP contribution >= 0.6 is 0 Å². The number of hydrogen-bond acceptors (Lipinski definition) is 4. The molecule has 0 aliphatic heterocycles. The molecule has 2 aromatic carbocycles. The quantitative estimate of drug-likeness (QED) is 0.580. The van der Waals surface area contributed by atoms with Gasteiger partial charge in [-0.3, -0.25) is 19.2 Å². The fourth-order valence-corrected chi connectivity index (χ4v) is 2.71. The molecule has 24 heavy (non-hydrogen) atoms. The Kier molecular flexibility index (Phi) is 5.53. The molecule has 2 rings (SSSR count). The summed E-state index contributed by atoms with van der Waals surface area (Å²) in [5.74, 6) is -4.61. The summed E-state index contributed by atoms with van der Waals surface area (Å²) in [6, 6.07) is 16.5. The summed E-state index contributed by atoms with van der Waals surface area (Å²) in [7, 11) is 0. The van der Waals surface area contributed by atoms with Gasteiger partial charge in [0.25, 0.3) is 0 Å². The SMILES string of the molecule is CC(=O)C(C(=O)c1ccccc1)C(C(C)=O)C(=O)c1ccccc1. The van der Waals surface area contributed by atoms with Gasteiger partial charge in [-0.1, -0.05) is 60.7 Å². The number of carbonyl (C=O) groups excluding carboxylic acids is 4. The van der Waals surface area contributed by atoms with Crippen molar-refractivity contribution in [2.45, 2.75) is 13.8 Å². The summed E-state index contributed by atoms with van der Waals surface area (Å²) >= 11 is 0. The zero-order valence-corrected chi connectivity index (χ0v) is 13.6. The van der Waals surface area contributed by atoms with Crippen LogP contribution in [0.5, 0.6) is 0 Å². The van der Waals surface area contributed by atoms with Crippen LogP contribution in [-0.2, 0) is 9.59 Å². The number of rotatable bonds is 7. The van der Waals surface area contributed by atoms with Gasteiger partial charge in [-0.25, -0.2) is 0 Å². The topological polar surface area (TPSA) is 68.3 Å². The maximum atomic E-state index is 12.7. The molecule has 0 aromatic heterocycles. The second-order valence-corrected chi connectivity index (χ2v) is 5.64. The third kappa shape index (κ3) is 3.71. The van der Waals surface area contributed by atoms with E-state index >= 15 is 0 Å². The van der Waals surface area contributed by atoms with Crippen LogP contribution in [0.15, 0.2) is 60.7 Å². The van der Waals surface area contributed by atoms with Crippen LogP contribution in [0, 0.1) is 11.8 Å². The molecular weight excluding hydrogens is 304 g/mol. The molecule has 0 aliphatic rings. The lowest BCUT2D eigenvalue weighted by Crippen LogP contribution is -2.39. The Morgan fingerprint density at radius 3 is 1.12 bits per heavy atom. The zero-order chi connectivity index (χ0) is 17.7. The molecule has 122 valence electrons. The van der Waals surface area contributed by atoms with Gasteiger partial charge in [0.15, 0.2) is 11.6 Å². The number of carbonyl (C=O) groups is 4. The first-order valence-corrected chi connectivity index (χ1v) is 7.63. The van der Waals surface area contributed by atoms with E-state index in [1.165, 1.54) is 13.8 Å². The average molecular weight is 322 g/mol. The first-order chi connectivity index (χ1) is 11.4. The molecule has 0 radical (unpaired) electrons. The van der Waals surface area contributed by atoms with E-state index in [-0.39, 0.29) is 0 Å². The molecule has 2 atom stereocenters. The molecule has 0 saturated carbocycles. The number of benzene rings is 2. The van der Waals surface area contributed by atoms with E-state index in [1.54, 1.807) is 60.7 Å². The third-order valence-corrected chi connectivity index (χ3v) is 3.89. The van der Waals surface area contributed by atoms with Crippen molar-refractivity contribution in [3.8, 4) is 0 Å². The fourth-order valence-electron chi connectivity index (χ4n) is 2.71. The summed E-state index contributed by atoms with van der Waals surface area (Å²) in [5.41, 5.74) is 0.620. The van der Waals surface area contributed by atoms with Crippen LogP contribution in [0.4, 0.5) is 0 Å². The minimum Gasteiger partial charge on any atom is -0.299 e. The molecule has 0 fully saturated rings. The summed E-state index contributed by atoms with van der Waals surface area (Å²) in [4.78, 5) is 49.7. The summed E-state index contributed by atoms with van der Waals surface area (Å²) in [5, 5.41) is 0. The summed E-state index contributed by atoms with van der Waals surface area (Å²) < 4.78 is 0. The standard InChI is InChI=1S/C20H18O4/c1-13(21)17(19(23)15-9-5-3-6-10-15)18(14(2)22)20(24)16-11-7-4-8-12-16/h3-12,17-18H,1-2H3. The van der Waals surface area contributed by atoms with Crippen molar-refractivity contribution in [2.75, 3.05) is 0 Å². The van der Waals surface area contributed by atoms with Gasteiger partial charge in [-0.05, 0) is 13.8 Å². The number of Topliss-reactive ketones (excluding diaryl/α,β-unsaturated/α-hetero) is 4. The van der Waals surface area contributed by atoms with Gasteiger partial charge < -0.3 is 0 Å². The van der Waals surface area contributed by atoms with Crippen LogP contribution in [-0.4, -0.2) is 23.1 Å². The van der Waals surface area contributed by atoms with Crippen LogP contribution in [0.1, 0.15) is 34.6 Å². The molecule has 0 N–H and O–H groups in total. The highest BCUT2D eigenvalue weighted by Gasteiger charge is 2.40. The van der Waals surface area contributed by atoms with E-state index in [0.717, 1.165) is 0 Å². The average Bonchev–Trinajstić information content (AvgIpc) is 2.59. The minimum absolute atomic E-state index is 0.310. The Hall–Kier alpha value is -2.88. The van der Waals surface area contributed by atoms with Gasteiger partial charge in [-0.2, -0.15) is 0 Å². The van der Waals surface area contributed by atoms with Crippen LogP contribution in [0.3, 0.4) is 0 Å². The first-order valence-electron chi connectivity index (χ1n) is 7.63. The van der Waals surface area contributed by atoms with Crippen molar-refractivity contribution in [3.05, 3.63) is 71.8 Å². The van der Waals surface area contributed by atoms with Crippen molar-refractivity contribution in [1.29, 1.82) is 0 Å². The normalized spacial score (nSPS) is 12.9. The Morgan fingerprint density at radius 2 is 0.875 bits per heavy atom. The van der Waals surface area contributed by atoms with Crippen LogP contribution < -0.4 is 0 Å². The molecule has 0 heterocycles. The number of ketones is 4. The highest BCUT2D eigenvalue weighted by molar-refractivity contribution is 6.20. The van der Waals surface area contributed by atoms with Gasteiger partial charge in [-0.15, -0.1) is 0 Å². The van der Waals surface area contributed by atoms with Crippen molar-refractivity contribution in [1.82, 2.24) is 0 Å². The molecule has 2 aromatic rings. The van der Waals surface area contributed by atoms with E-state index in [0.29, 0.717) is 11.1 Å². The zero-order valence-electron chi connectivity index (χ0n) is 13.6. The molecule has 2 unspecified atom stereocenters. The highest BCUT2D eigenvalue weighted by atomic mass is 16.2. The Morgan fingerprint density at radius 1 is 0.583 bits per heavy atom. The summed E-state index contributed by atoms with van der Waals surface area (Å²) in [6.45, 7) is 2.47. The van der Waals surface area contributed by atoms with Crippen molar-refractivity contribution in [2.24, 2.45) is 11.8 Å². The number of hydrogen-bond donors (Lipinski definition) is 0. The van der Waals surface area contributed by atoms with E-state index in [1.807, 2.05) is 0 Å².